The van der Waals surface area contributed by atoms with Crippen molar-refractivity contribution in [3.63, 3.8) is 0 Å². The van der Waals surface area contributed by atoms with Crippen LogP contribution in [0.15, 0.2) is 24.3 Å². The van der Waals surface area contributed by atoms with Gasteiger partial charge in [0.2, 0.25) is 5.91 Å². The number of likely N-dealkylation sites (N-methyl/N-ethyl adjacent to an activating group) is 1. The molecule has 0 spiro atoms. The van der Waals surface area contributed by atoms with Gasteiger partial charge in [0, 0.05) is 17.8 Å². The first-order valence-corrected chi connectivity index (χ1v) is 5.33. The lowest BCUT2D eigenvalue weighted by molar-refractivity contribution is -0.135. The lowest BCUT2D eigenvalue weighted by Gasteiger charge is -2.21. The highest BCUT2D eigenvalue weighted by Crippen LogP contribution is 2.19. The second-order valence-electron chi connectivity index (χ2n) is 3.40. The number of aliphatic carboxylic acids is 1. The van der Waals surface area contributed by atoms with Crippen LogP contribution in [0.3, 0.4) is 0 Å². The summed E-state index contributed by atoms with van der Waals surface area (Å²) in [5.74, 6) is -1.26. The molecular formula is C11H13ClN2O3. The summed E-state index contributed by atoms with van der Waals surface area (Å²) in [6.07, 6.45) is 0. The molecule has 0 unspecified atom stereocenters. The van der Waals surface area contributed by atoms with E-state index in [4.69, 9.17) is 16.7 Å². The molecule has 0 aliphatic heterocycles. The number of nitrogens with one attached hydrogen (secondary N) is 1. The molecule has 5 nitrogen and oxygen atoms in total. The molecule has 1 aromatic carbocycles. The molecule has 0 aromatic heterocycles. The largest absolute Gasteiger partial charge is 0.480 e. The van der Waals surface area contributed by atoms with Gasteiger partial charge in [-0.2, -0.15) is 0 Å². The van der Waals surface area contributed by atoms with Crippen LogP contribution in [0.1, 0.15) is 0 Å². The Morgan fingerprint density at radius 3 is 2.65 bits per heavy atom. The zero-order chi connectivity index (χ0) is 12.8. The summed E-state index contributed by atoms with van der Waals surface area (Å²) in [5, 5.41) is 11.7. The molecule has 0 saturated carbocycles. The number of anilines is 1. The van der Waals surface area contributed by atoms with Crippen molar-refractivity contribution in [1.82, 2.24) is 5.32 Å². The van der Waals surface area contributed by atoms with E-state index >= 15 is 0 Å². The number of carbonyl (C=O) groups excluding carboxylic acids is 1. The summed E-state index contributed by atoms with van der Waals surface area (Å²) in [7, 11) is 1.50. The van der Waals surface area contributed by atoms with Crippen LogP contribution in [-0.4, -0.2) is 37.1 Å². The number of hydrogen-bond acceptors (Lipinski definition) is 3. The van der Waals surface area contributed by atoms with E-state index in [0.717, 1.165) is 0 Å². The van der Waals surface area contributed by atoms with E-state index in [-0.39, 0.29) is 19.0 Å². The summed E-state index contributed by atoms with van der Waals surface area (Å²) in [4.78, 5) is 23.5. The summed E-state index contributed by atoms with van der Waals surface area (Å²) in [6, 6.07) is 6.71. The molecule has 0 radical (unpaired) electrons. The normalized spacial score (nSPS) is 9.76. The molecule has 1 amide bonds. The maximum atomic E-state index is 11.3. The molecule has 0 aliphatic carbocycles. The number of amides is 1. The molecule has 0 fully saturated rings. The SMILES string of the molecule is CNC(=O)CN(CC(=O)O)c1cccc(Cl)c1. The van der Waals surface area contributed by atoms with Crippen LogP contribution in [-0.2, 0) is 9.59 Å². The van der Waals surface area contributed by atoms with Gasteiger partial charge in [-0.25, -0.2) is 0 Å². The van der Waals surface area contributed by atoms with Crippen molar-refractivity contribution in [3.8, 4) is 0 Å². The second kappa shape index (κ2) is 6.10. The molecule has 0 saturated heterocycles. The minimum atomic E-state index is -1.01. The molecule has 17 heavy (non-hydrogen) atoms. The quantitative estimate of drug-likeness (QED) is 0.824. The Balaban J connectivity index is 2.89. The highest BCUT2D eigenvalue weighted by atomic mass is 35.5. The van der Waals surface area contributed by atoms with Gasteiger partial charge in [-0.05, 0) is 18.2 Å². The summed E-state index contributed by atoms with van der Waals surface area (Å²) < 4.78 is 0. The Hall–Kier alpha value is -1.75. The maximum absolute atomic E-state index is 11.3. The summed E-state index contributed by atoms with van der Waals surface area (Å²) in [6.45, 7) is -0.281. The van der Waals surface area contributed by atoms with Crippen LogP contribution in [0, 0.1) is 0 Å². The van der Waals surface area contributed by atoms with Crippen molar-refractivity contribution < 1.29 is 14.7 Å². The summed E-state index contributed by atoms with van der Waals surface area (Å²) >= 11 is 5.82. The number of nitrogens with zero attached hydrogens (tertiary/aromatic N) is 1. The lowest BCUT2D eigenvalue weighted by Crippen LogP contribution is -2.38. The molecule has 0 bridgehead atoms. The molecule has 6 heteroatoms. The molecule has 1 rings (SSSR count). The minimum absolute atomic E-state index is 0.0247. The predicted octanol–water partition coefficient (Wildman–Crippen LogP) is 0.977. The molecule has 2 N–H and O–H groups in total. The Labute approximate surface area is 104 Å². The van der Waals surface area contributed by atoms with E-state index in [2.05, 4.69) is 5.32 Å². The third-order valence-corrected chi connectivity index (χ3v) is 2.35. The van der Waals surface area contributed by atoms with Crippen LogP contribution >= 0.6 is 11.6 Å². The van der Waals surface area contributed by atoms with Gasteiger partial charge in [0.05, 0.1) is 6.54 Å². The van der Waals surface area contributed by atoms with Gasteiger partial charge in [0.1, 0.15) is 6.54 Å². The van der Waals surface area contributed by atoms with Gasteiger partial charge < -0.3 is 15.3 Å². The number of carbonyl (C=O) groups is 2. The second-order valence-corrected chi connectivity index (χ2v) is 3.84. The standard InChI is InChI=1S/C11H13ClN2O3/c1-13-10(15)6-14(7-11(16)17)9-4-2-3-8(12)5-9/h2-5H,6-7H2,1H3,(H,13,15)(H,16,17). The van der Waals surface area contributed by atoms with Crippen molar-refractivity contribution in [1.29, 1.82) is 0 Å². The van der Waals surface area contributed by atoms with E-state index in [1.54, 1.807) is 24.3 Å². The first-order valence-electron chi connectivity index (χ1n) is 4.96. The fraction of sp³-hybridized carbons (Fsp3) is 0.273. The lowest BCUT2D eigenvalue weighted by atomic mass is 10.3. The number of carboxylic acid groups (broad SMARTS) is 1. The number of rotatable bonds is 5. The average Bonchev–Trinajstić information content (AvgIpc) is 2.27. The number of benzene rings is 1. The fourth-order valence-electron chi connectivity index (χ4n) is 1.33. The molecule has 0 heterocycles. The topological polar surface area (TPSA) is 69.6 Å². The average molecular weight is 257 g/mol. The zero-order valence-corrected chi connectivity index (χ0v) is 10.1. The monoisotopic (exact) mass is 256 g/mol. The maximum Gasteiger partial charge on any atom is 0.323 e. The Morgan fingerprint density at radius 1 is 1.41 bits per heavy atom. The number of carboxylic acids is 1. The molecule has 92 valence electrons. The van der Waals surface area contributed by atoms with E-state index < -0.39 is 5.97 Å². The number of hydrogen-bond donors (Lipinski definition) is 2. The van der Waals surface area contributed by atoms with Gasteiger partial charge in [0.15, 0.2) is 0 Å². The van der Waals surface area contributed by atoms with Gasteiger partial charge in [-0.15, -0.1) is 0 Å². The molecule has 0 atom stereocenters. The minimum Gasteiger partial charge on any atom is -0.480 e. The van der Waals surface area contributed by atoms with Crippen molar-refractivity contribution >= 4 is 29.2 Å². The van der Waals surface area contributed by atoms with E-state index in [1.165, 1.54) is 11.9 Å². The first-order chi connectivity index (χ1) is 8.02. The Morgan fingerprint density at radius 2 is 2.12 bits per heavy atom. The summed E-state index contributed by atoms with van der Waals surface area (Å²) in [5.41, 5.74) is 0.600. The smallest absolute Gasteiger partial charge is 0.323 e. The van der Waals surface area contributed by atoms with Crippen molar-refractivity contribution in [2.45, 2.75) is 0 Å². The van der Waals surface area contributed by atoms with E-state index in [0.29, 0.717) is 10.7 Å². The van der Waals surface area contributed by atoms with Gasteiger partial charge in [-0.3, -0.25) is 9.59 Å². The Kier molecular flexibility index (Phi) is 4.78. The van der Waals surface area contributed by atoms with Crippen molar-refractivity contribution in [2.75, 3.05) is 25.0 Å². The predicted molar refractivity (Wildman–Crippen MR) is 65.4 cm³/mol. The number of halogens is 1. The third-order valence-electron chi connectivity index (χ3n) is 2.11. The molecular weight excluding hydrogens is 244 g/mol. The first kappa shape index (κ1) is 13.3. The third kappa shape index (κ3) is 4.32. The van der Waals surface area contributed by atoms with Crippen molar-refractivity contribution in [3.05, 3.63) is 29.3 Å². The molecule has 1 aromatic rings. The van der Waals surface area contributed by atoms with Gasteiger partial charge >= 0.3 is 5.97 Å². The van der Waals surface area contributed by atoms with Crippen LogP contribution in [0.2, 0.25) is 5.02 Å². The van der Waals surface area contributed by atoms with Crippen LogP contribution in [0.25, 0.3) is 0 Å². The fourth-order valence-corrected chi connectivity index (χ4v) is 1.51. The van der Waals surface area contributed by atoms with Gasteiger partial charge in [-0.1, -0.05) is 17.7 Å². The zero-order valence-electron chi connectivity index (χ0n) is 9.31. The van der Waals surface area contributed by atoms with Crippen LogP contribution < -0.4 is 10.2 Å². The van der Waals surface area contributed by atoms with Gasteiger partial charge in [0.25, 0.3) is 0 Å². The van der Waals surface area contributed by atoms with Crippen molar-refractivity contribution in [2.24, 2.45) is 0 Å². The highest BCUT2D eigenvalue weighted by molar-refractivity contribution is 6.30. The molecule has 0 aliphatic rings. The van der Waals surface area contributed by atoms with Crippen LogP contribution in [0.5, 0.6) is 0 Å². The van der Waals surface area contributed by atoms with E-state index in [1.807, 2.05) is 0 Å². The highest BCUT2D eigenvalue weighted by Gasteiger charge is 2.14. The van der Waals surface area contributed by atoms with E-state index in [9.17, 15) is 9.59 Å². The van der Waals surface area contributed by atoms with Crippen LogP contribution in [0.4, 0.5) is 5.69 Å². The Bertz CT molecular complexity index is 423.